The van der Waals surface area contributed by atoms with Crippen molar-refractivity contribution in [3.05, 3.63) is 121 Å². The van der Waals surface area contributed by atoms with Crippen LogP contribution in [0.4, 0.5) is 34.5 Å². The first kappa shape index (κ1) is 49.0. The van der Waals surface area contributed by atoms with E-state index in [9.17, 15) is 34.5 Å². The normalized spacial score (nSPS) is 10.1. The van der Waals surface area contributed by atoms with Gasteiger partial charge in [0.1, 0.15) is 0 Å². The summed E-state index contributed by atoms with van der Waals surface area (Å²) in [4.78, 5) is 0. The molecule has 4 rings (SSSR count). The molecule has 0 saturated heterocycles. The van der Waals surface area contributed by atoms with Crippen molar-refractivity contribution in [2.45, 2.75) is 19.3 Å². The Hall–Kier alpha value is -3.13. The summed E-state index contributed by atoms with van der Waals surface area (Å²) in [6.45, 7) is -0.0347. The number of nitriles is 2. The summed E-state index contributed by atoms with van der Waals surface area (Å²) in [6, 6.07) is 47.8. The van der Waals surface area contributed by atoms with E-state index in [-0.39, 0.29) is 62.3 Å². The largest absolute Gasteiger partial charge is 2.00 e. The van der Waals surface area contributed by atoms with E-state index in [2.05, 4.69) is 121 Å². The molecule has 0 bridgehead atoms. The number of halogens is 8. The van der Waals surface area contributed by atoms with Crippen LogP contribution in [-0.2, 0) is 20.4 Å². The molecule has 0 spiro atoms. The number of hydrogen-bond donors (Lipinski definition) is 2. The van der Waals surface area contributed by atoms with E-state index in [1.54, 1.807) is 12.1 Å². The Kier molecular flexibility index (Phi) is 29.0. The monoisotopic (exact) mass is 834 g/mol. The van der Waals surface area contributed by atoms with Crippen LogP contribution in [0.2, 0.25) is 0 Å². The maximum Gasteiger partial charge on any atom is 2.00 e. The van der Waals surface area contributed by atoms with Gasteiger partial charge in [-0.1, -0.05) is 121 Å². The number of benzene rings is 4. The Labute approximate surface area is 304 Å². The zero-order valence-electron chi connectivity index (χ0n) is 26.7. The van der Waals surface area contributed by atoms with Gasteiger partial charge in [0, 0.05) is 0 Å². The molecule has 0 radical (unpaired) electrons. The van der Waals surface area contributed by atoms with Crippen molar-refractivity contribution in [2.24, 2.45) is 0 Å². The SMILES string of the molecule is F[B-](F)(F)F.F[B-](F)(F)F.N#CCCO.N#CCCO.[Pd+2].c1ccc(P(CCCP(c2ccccc2)c2ccccc2)c2ccccc2)cc1. The van der Waals surface area contributed by atoms with Gasteiger partial charge in [-0.3, -0.25) is 0 Å². The number of aliphatic hydroxyl groups is 2. The molecule has 0 unspecified atom stereocenters. The molecule has 0 heterocycles. The van der Waals surface area contributed by atoms with E-state index in [0.717, 1.165) is 0 Å². The van der Waals surface area contributed by atoms with Gasteiger partial charge in [-0.25, -0.2) is 0 Å². The summed E-state index contributed by atoms with van der Waals surface area (Å²) < 4.78 is 78.0. The topological polar surface area (TPSA) is 88.0 Å². The van der Waals surface area contributed by atoms with Crippen LogP contribution in [0, 0.1) is 22.7 Å². The zero-order chi connectivity index (χ0) is 37.0. The Balaban J connectivity index is 0. The van der Waals surface area contributed by atoms with Gasteiger partial charge < -0.3 is 44.7 Å². The molecule has 0 aliphatic heterocycles. The summed E-state index contributed by atoms with van der Waals surface area (Å²) in [6.07, 6.45) is 4.22. The minimum atomic E-state index is -6.00. The van der Waals surface area contributed by atoms with Crippen LogP contribution in [0.3, 0.4) is 0 Å². The minimum Gasteiger partial charge on any atom is -0.418 e. The molecule has 0 aliphatic carbocycles. The van der Waals surface area contributed by atoms with Crippen molar-refractivity contribution in [1.29, 1.82) is 10.5 Å². The fourth-order valence-corrected chi connectivity index (χ4v) is 8.69. The Morgan fingerprint density at radius 3 is 0.800 bits per heavy atom. The summed E-state index contributed by atoms with van der Waals surface area (Å²) in [5, 5.41) is 36.9. The molecular weight excluding hydrogens is 798 g/mol. The molecular formula is C33H36B2F8N2O2P2Pd. The second-order valence-corrected chi connectivity index (χ2v) is 13.9. The quantitative estimate of drug-likeness (QED) is 0.0964. The first-order valence-electron chi connectivity index (χ1n) is 14.7. The van der Waals surface area contributed by atoms with Crippen LogP contribution < -0.4 is 21.2 Å². The molecule has 2 N–H and O–H groups in total. The number of rotatable bonds is 10. The third-order valence-corrected chi connectivity index (χ3v) is 10.7. The van der Waals surface area contributed by atoms with Gasteiger partial charge in [-0.05, 0) is 55.8 Å². The van der Waals surface area contributed by atoms with Crippen molar-refractivity contribution in [2.75, 3.05) is 25.5 Å². The number of nitrogens with zero attached hydrogens (tertiary/aromatic N) is 2. The number of hydrogen-bond acceptors (Lipinski definition) is 4. The predicted molar refractivity (Wildman–Crippen MR) is 187 cm³/mol. The van der Waals surface area contributed by atoms with Crippen LogP contribution >= 0.6 is 15.8 Å². The molecule has 0 aliphatic rings. The van der Waals surface area contributed by atoms with E-state index in [4.69, 9.17) is 20.7 Å². The molecule has 0 saturated carbocycles. The molecule has 50 heavy (non-hydrogen) atoms. The maximum atomic E-state index is 9.75. The van der Waals surface area contributed by atoms with Gasteiger partial charge in [0.2, 0.25) is 0 Å². The van der Waals surface area contributed by atoms with Crippen molar-refractivity contribution < 1.29 is 65.2 Å². The smallest absolute Gasteiger partial charge is 0.418 e. The first-order chi connectivity index (χ1) is 23.2. The van der Waals surface area contributed by atoms with Crippen LogP contribution in [0.1, 0.15) is 19.3 Å². The van der Waals surface area contributed by atoms with E-state index < -0.39 is 14.5 Å². The second kappa shape index (κ2) is 29.6. The van der Waals surface area contributed by atoms with E-state index in [0.29, 0.717) is 0 Å². The van der Waals surface area contributed by atoms with Crippen molar-refractivity contribution in [3.8, 4) is 12.1 Å². The molecule has 4 nitrogen and oxygen atoms in total. The van der Waals surface area contributed by atoms with Gasteiger partial charge in [-0.2, -0.15) is 10.5 Å². The molecule has 0 atom stereocenters. The van der Waals surface area contributed by atoms with Gasteiger partial charge in [-0.15, -0.1) is 0 Å². The molecule has 0 fully saturated rings. The van der Waals surface area contributed by atoms with E-state index in [1.165, 1.54) is 40.0 Å². The third kappa shape index (κ3) is 28.7. The van der Waals surface area contributed by atoms with Crippen LogP contribution in [0.5, 0.6) is 0 Å². The second-order valence-electron chi connectivity index (χ2n) is 9.25. The number of aliphatic hydroxyl groups excluding tert-OH is 2. The molecule has 272 valence electrons. The first-order valence-corrected chi connectivity index (χ1v) is 17.8. The Morgan fingerprint density at radius 2 is 0.660 bits per heavy atom. The fraction of sp³-hybridized carbons (Fsp3) is 0.212. The van der Waals surface area contributed by atoms with Crippen LogP contribution in [0.15, 0.2) is 121 Å². The van der Waals surface area contributed by atoms with E-state index >= 15 is 0 Å². The minimum absolute atomic E-state index is 0. The van der Waals surface area contributed by atoms with Gasteiger partial charge in [0.15, 0.2) is 0 Å². The molecule has 4 aromatic carbocycles. The van der Waals surface area contributed by atoms with Crippen molar-refractivity contribution in [1.82, 2.24) is 0 Å². The van der Waals surface area contributed by atoms with Crippen LogP contribution in [0.25, 0.3) is 0 Å². The molecule has 4 aromatic rings. The Bertz CT molecular complexity index is 1250. The Morgan fingerprint density at radius 1 is 0.460 bits per heavy atom. The summed E-state index contributed by atoms with van der Waals surface area (Å²) in [7, 11) is -12.6. The van der Waals surface area contributed by atoms with Crippen molar-refractivity contribution in [3.63, 3.8) is 0 Å². The van der Waals surface area contributed by atoms with Gasteiger partial charge >= 0.3 is 34.9 Å². The molecule has 17 heteroatoms. The van der Waals surface area contributed by atoms with E-state index in [1.807, 2.05) is 0 Å². The van der Waals surface area contributed by atoms with Gasteiger partial charge in [0.05, 0.1) is 38.2 Å². The average molecular weight is 835 g/mol. The van der Waals surface area contributed by atoms with Gasteiger partial charge in [0.25, 0.3) is 0 Å². The summed E-state index contributed by atoms with van der Waals surface area (Å²) in [5.41, 5.74) is 0. The summed E-state index contributed by atoms with van der Waals surface area (Å²) in [5.74, 6) is 0. The third-order valence-electron chi connectivity index (χ3n) is 5.48. The van der Waals surface area contributed by atoms with Crippen LogP contribution in [-0.4, -0.2) is 50.3 Å². The standard InChI is InChI=1S/C27H26P2.2C3H5NO.2BF4.Pd/c1-5-14-24(15-6-1)28(25-16-7-2-8-17-25)22-13-23-29(26-18-9-3-10-19-26)27-20-11-4-12-21-27;2*4-2-1-3-5;2*2-1(3,4)5;/h1-12,14-21H,13,22-23H2;2*5H,1,3H2;;;/q;;;2*-1;+2. The fourth-order valence-electron chi connectivity index (χ4n) is 3.73. The zero-order valence-corrected chi connectivity index (χ0v) is 30.0. The molecule has 0 aromatic heterocycles. The molecule has 0 amide bonds. The van der Waals surface area contributed by atoms with Crippen molar-refractivity contribution >= 4 is 51.6 Å². The maximum absolute atomic E-state index is 9.75. The average Bonchev–Trinajstić information content (AvgIpc) is 3.06. The predicted octanol–water partition coefficient (Wildman–Crippen LogP) is 8.02. The summed E-state index contributed by atoms with van der Waals surface area (Å²) >= 11 is 0.